The Morgan fingerprint density at radius 3 is 2.55 bits per heavy atom. The number of carbonyl (C=O) groups excluding carboxylic acids is 1. The summed E-state index contributed by atoms with van der Waals surface area (Å²) in [6.07, 6.45) is 1.64. The zero-order valence-electron chi connectivity index (χ0n) is 18.5. The van der Waals surface area contributed by atoms with Crippen molar-refractivity contribution < 1.29 is 14.2 Å². The molecule has 2 aromatic carbocycles. The van der Waals surface area contributed by atoms with Gasteiger partial charge in [0, 0.05) is 32.6 Å². The lowest BCUT2D eigenvalue weighted by atomic mass is 10.2. The molecule has 1 aliphatic rings. The molecular formula is C24H26FN6O2+. The Kier molecular flexibility index (Phi) is 5.53. The number of piperazine rings is 1. The smallest absolute Gasteiger partial charge is 0.366 e. The van der Waals surface area contributed by atoms with E-state index in [1.807, 2.05) is 35.2 Å². The van der Waals surface area contributed by atoms with Gasteiger partial charge in [-0.2, -0.15) is 0 Å². The Morgan fingerprint density at radius 2 is 1.79 bits per heavy atom. The minimum absolute atomic E-state index is 0.0715. The maximum Gasteiger partial charge on any atom is 0.424 e. The number of nitrogens with one attached hydrogen (secondary N) is 1. The van der Waals surface area contributed by atoms with E-state index in [4.69, 9.17) is 0 Å². The molecule has 0 spiro atoms. The fourth-order valence-corrected chi connectivity index (χ4v) is 4.47. The van der Waals surface area contributed by atoms with Gasteiger partial charge >= 0.3 is 5.69 Å². The second-order valence-electron chi connectivity index (χ2n) is 8.29. The van der Waals surface area contributed by atoms with Crippen molar-refractivity contribution in [2.75, 3.05) is 31.1 Å². The summed E-state index contributed by atoms with van der Waals surface area (Å²) < 4.78 is 17.0. The molecule has 0 radical (unpaired) electrons. The van der Waals surface area contributed by atoms with Gasteiger partial charge in [0.2, 0.25) is 5.91 Å². The molecule has 170 valence electrons. The minimum atomic E-state index is -0.347. The van der Waals surface area contributed by atoms with Gasteiger partial charge in [-0.3, -0.25) is 9.36 Å². The van der Waals surface area contributed by atoms with Crippen molar-refractivity contribution in [3.05, 3.63) is 70.7 Å². The van der Waals surface area contributed by atoms with E-state index in [1.165, 1.54) is 15.1 Å². The number of H-pyrrole nitrogens is 1. The Morgan fingerprint density at radius 1 is 1.06 bits per heavy atom. The molecule has 0 bridgehead atoms. The van der Waals surface area contributed by atoms with Gasteiger partial charge in [0.25, 0.3) is 11.5 Å². The van der Waals surface area contributed by atoms with Crippen molar-refractivity contribution in [3.8, 4) is 0 Å². The number of halogens is 1. The van der Waals surface area contributed by atoms with Crippen molar-refractivity contribution in [1.82, 2.24) is 19.1 Å². The number of benzene rings is 2. The molecule has 1 fully saturated rings. The number of para-hydroxylation sites is 2. The van der Waals surface area contributed by atoms with Gasteiger partial charge < -0.3 is 9.80 Å². The van der Waals surface area contributed by atoms with E-state index < -0.39 is 0 Å². The van der Waals surface area contributed by atoms with E-state index in [0.717, 1.165) is 24.1 Å². The molecule has 0 unspecified atom stereocenters. The Bertz CT molecular complexity index is 1390. The van der Waals surface area contributed by atoms with Crippen LogP contribution in [-0.2, 0) is 17.8 Å². The van der Waals surface area contributed by atoms with E-state index in [1.54, 1.807) is 17.0 Å². The summed E-state index contributed by atoms with van der Waals surface area (Å²) in [5.74, 6) is 0.342. The highest BCUT2D eigenvalue weighted by Crippen LogP contribution is 2.20. The third-order valence-electron chi connectivity index (χ3n) is 6.16. The van der Waals surface area contributed by atoms with Gasteiger partial charge in [-0.15, -0.1) is 0 Å². The van der Waals surface area contributed by atoms with Crippen molar-refractivity contribution in [3.63, 3.8) is 0 Å². The second kappa shape index (κ2) is 8.65. The van der Waals surface area contributed by atoms with Crippen LogP contribution >= 0.6 is 0 Å². The molecule has 2 aromatic heterocycles. The van der Waals surface area contributed by atoms with Gasteiger partial charge in [-0.1, -0.05) is 31.2 Å². The molecule has 1 N–H and O–H groups in total. The Balaban J connectivity index is 1.41. The number of hydrogen-bond donors (Lipinski definition) is 0. The Labute approximate surface area is 189 Å². The first-order valence-corrected chi connectivity index (χ1v) is 11.3. The number of anilines is 1. The number of aromatic nitrogens is 4. The average molecular weight is 450 g/mol. The number of amides is 1. The number of hydrogen-bond acceptors (Lipinski definition) is 4. The predicted molar refractivity (Wildman–Crippen MR) is 123 cm³/mol. The maximum atomic E-state index is 14.1. The molecule has 3 heterocycles. The molecule has 1 amide bonds. The molecule has 0 saturated carbocycles. The summed E-state index contributed by atoms with van der Waals surface area (Å²) in [6.45, 7) is 4.00. The molecule has 1 saturated heterocycles. The summed E-state index contributed by atoms with van der Waals surface area (Å²) >= 11 is 0. The topological polar surface area (TPSA) is 77.0 Å². The lowest BCUT2D eigenvalue weighted by molar-refractivity contribution is -0.358. The minimum Gasteiger partial charge on any atom is -0.366 e. The van der Waals surface area contributed by atoms with Crippen LogP contribution in [0.3, 0.4) is 0 Å². The van der Waals surface area contributed by atoms with Gasteiger partial charge in [0.05, 0.1) is 21.7 Å². The number of rotatable bonds is 5. The normalized spacial score (nSPS) is 14.4. The first-order valence-electron chi connectivity index (χ1n) is 11.3. The van der Waals surface area contributed by atoms with Gasteiger partial charge in [-0.25, -0.2) is 14.2 Å². The number of aryl methyl sites for hydroxylation is 1. The van der Waals surface area contributed by atoms with Crippen LogP contribution in [0.5, 0.6) is 0 Å². The van der Waals surface area contributed by atoms with Crippen LogP contribution in [0.1, 0.15) is 19.2 Å². The van der Waals surface area contributed by atoms with E-state index in [-0.39, 0.29) is 24.0 Å². The number of fused-ring (bicyclic) bond motifs is 3. The quantitative estimate of drug-likeness (QED) is 0.466. The SMILES string of the molecule is CCCc1nn2c(=O)n(CC(=O)N3CCN(c4ccccc4F)CC3)c3ccccc3c2[nH+]1. The van der Waals surface area contributed by atoms with Gasteiger partial charge in [0.1, 0.15) is 12.4 Å². The van der Waals surface area contributed by atoms with E-state index in [2.05, 4.69) is 17.0 Å². The molecule has 1 aliphatic heterocycles. The molecule has 4 aromatic rings. The van der Waals surface area contributed by atoms with Crippen LogP contribution in [0.15, 0.2) is 53.3 Å². The molecule has 8 nitrogen and oxygen atoms in total. The van der Waals surface area contributed by atoms with Gasteiger partial charge in [-0.05, 0) is 35.2 Å². The molecule has 33 heavy (non-hydrogen) atoms. The highest BCUT2D eigenvalue weighted by Gasteiger charge is 2.26. The van der Waals surface area contributed by atoms with Crippen molar-refractivity contribution in [2.45, 2.75) is 26.3 Å². The number of carbonyl (C=O) groups is 1. The van der Waals surface area contributed by atoms with Crippen LogP contribution < -0.4 is 15.6 Å². The molecule has 0 aliphatic carbocycles. The van der Waals surface area contributed by atoms with Crippen LogP contribution in [0.25, 0.3) is 16.6 Å². The zero-order chi connectivity index (χ0) is 22.9. The average Bonchev–Trinajstić information content (AvgIpc) is 3.27. The summed E-state index contributed by atoms with van der Waals surface area (Å²) in [5, 5.41) is 5.28. The van der Waals surface area contributed by atoms with E-state index >= 15 is 0 Å². The van der Waals surface area contributed by atoms with Crippen molar-refractivity contribution in [2.24, 2.45) is 0 Å². The monoisotopic (exact) mass is 449 g/mol. The summed E-state index contributed by atoms with van der Waals surface area (Å²) in [6, 6.07) is 14.2. The standard InChI is InChI=1S/C24H25FN6O2/c1-2-7-21-26-23-17-8-3-5-10-19(17)30(24(33)31(23)27-21)16-22(32)29-14-12-28(13-15-29)20-11-6-4-9-18(20)25/h3-6,8-11H,2,7,12-16H2,1H3/p+1. The summed E-state index contributed by atoms with van der Waals surface area (Å²) in [4.78, 5) is 33.4. The second-order valence-corrected chi connectivity index (χ2v) is 8.29. The predicted octanol–water partition coefficient (Wildman–Crippen LogP) is 1.90. The lowest BCUT2D eigenvalue weighted by Gasteiger charge is -2.36. The highest BCUT2D eigenvalue weighted by atomic mass is 19.1. The van der Waals surface area contributed by atoms with E-state index in [0.29, 0.717) is 43.0 Å². The Hall–Kier alpha value is -3.75. The summed E-state index contributed by atoms with van der Waals surface area (Å²) in [5.41, 5.74) is 1.53. The molecule has 0 atom stereocenters. The van der Waals surface area contributed by atoms with E-state index in [9.17, 15) is 14.0 Å². The van der Waals surface area contributed by atoms with Crippen molar-refractivity contribution >= 4 is 28.1 Å². The number of aromatic amines is 1. The van der Waals surface area contributed by atoms with Gasteiger partial charge in [0.15, 0.2) is 0 Å². The fraction of sp³-hybridized carbons (Fsp3) is 0.333. The molecule has 9 heteroatoms. The fourth-order valence-electron chi connectivity index (χ4n) is 4.47. The molecule has 5 rings (SSSR count). The maximum absolute atomic E-state index is 14.1. The van der Waals surface area contributed by atoms with Crippen LogP contribution in [-0.4, -0.2) is 51.2 Å². The third kappa shape index (κ3) is 3.83. The van der Waals surface area contributed by atoms with Crippen LogP contribution in [0.4, 0.5) is 10.1 Å². The lowest BCUT2D eigenvalue weighted by Crippen LogP contribution is -2.50. The van der Waals surface area contributed by atoms with Crippen molar-refractivity contribution in [1.29, 1.82) is 0 Å². The summed E-state index contributed by atoms with van der Waals surface area (Å²) in [7, 11) is 0. The van der Waals surface area contributed by atoms with Crippen LogP contribution in [0.2, 0.25) is 0 Å². The zero-order valence-corrected chi connectivity index (χ0v) is 18.5. The highest BCUT2D eigenvalue weighted by molar-refractivity contribution is 5.90. The first kappa shape index (κ1) is 21.1. The first-order chi connectivity index (χ1) is 16.1. The number of nitrogens with zero attached hydrogens (tertiary/aromatic N) is 5. The largest absolute Gasteiger partial charge is 0.424 e. The third-order valence-corrected chi connectivity index (χ3v) is 6.16. The molecular weight excluding hydrogens is 423 g/mol. The van der Waals surface area contributed by atoms with Crippen LogP contribution in [0, 0.1) is 5.82 Å².